The molecule has 0 heterocycles. The van der Waals surface area contributed by atoms with Gasteiger partial charge in [0.25, 0.3) is 0 Å². The zero-order valence-corrected chi connectivity index (χ0v) is 10.7. The molecule has 0 saturated heterocycles. The molecule has 0 amide bonds. The molecule has 1 N–H and O–H groups in total. The number of rotatable bonds is 3. The number of aromatic carboxylic acids is 1. The van der Waals surface area contributed by atoms with Crippen molar-refractivity contribution in [1.82, 2.24) is 0 Å². The van der Waals surface area contributed by atoms with Gasteiger partial charge in [0.15, 0.2) is 0 Å². The third-order valence-electron chi connectivity index (χ3n) is 3.01. The van der Waals surface area contributed by atoms with Gasteiger partial charge in [0.05, 0.1) is 5.56 Å². The van der Waals surface area contributed by atoms with Crippen LogP contribution in [0.25, 0.3) is 0 Å². The minimum Gasteiger partial charge on any atom is -0.478 e. The van der Waals surface area contributed by atoms with Gasteiger partial charge in [-0.2, -0.15) is 0 Å². The van der Waals surface area contributed by atoms with Gasteiger partial charge < -0.3 is 10.0 Å². The van der Waals surface area contributed by atoms with Gasteiger partial charge in [-0.3, -0.25) is 0 Å². The fourth-order valence-electron chi connectivity index (χ4n) is 1.83. The van der Waals surface area contributed by atoms with Crippen LogP contribution >= 0.6 is 0 Å². The van der Waals surface area contributed by atoms with E-state index < -0.39 is 5.97 Å². The molecule has 2 rings (SSSR count). The van der Waals surface area contributed by atoms with Crippen molar-refractivity contribution in [1.29, 1.82) is 0 Å². The van der Waals surface area contributed by atoms with E-state index in [4.69, 9.17) is 5.11 Å². The first kappa shape index (κ1) is 13.1. The molecule has 0 radical (unpaired) electrons. The van der Waals surface area contributed by atoms with E-state index in [9.17, 15) is 9.18 Å². The summed E-state index contributed by atoms with van der Waals surface area (Å²) >= 11 is 0. The van der Waals surface area contributed by atoms with Crippen molar-refractivity contribution in [2.75, 3.05) is 11.9 Å². The van der Waals surface area contributed by atoms with Crippen LogP contribution < -0.4 is 4.90 Å². The third-order valence-corrected chi connectivity index (χ3v) is 3.01. The third kappa shape index (κ3) is 2.73. The topological polar surface area (TPSA) is 40.5 Å². The fourth-order valence-corrected chi connectivity index (χ4v) is 1.83. The van der Waals surface area contributed by atoms with E-state index in [2.05, 4.69) is 0 Å². The molecule has 0 aliphatic heterocycles. The second kappa shape index (κ2) is 5.10. The highest BCUT2D eigenvalue weighted by molar-refractivity contribution is 5.89. The monoisotopic (exact) mass is 259 g/mol. The van der Waals surface area contributed by atoms with Crippen LogP contribution in [0.2, 0.25) is 0 Å². The van der Waals surface area contributed by atoms with Crippen molar-refractivity contribution in [3.63, 3.8) is 0 Å². The molecule has 0 saturated carbocycles. The van der Waals surface area contributed by atoms with E-state index in [1.807, 2.05) is 18.0 Å². The minimum atomic E-state index is -0.967. The van der Waals surface area contributed by atoms with E-state index in [0.717, 1.165) is 11.4 Å². The Morgan fingerprint density at radius 3 is 2.47 bits per heavy atom. The predicted molar refractivity (Wildman–Crippen MR) is 72.6 cm³/mol. The summed E-state index contributed by atoms with van der Waals surface area (Å²) < 4.78 is 13.2. The van der Waals surface area contributed by atoms with Crippen molar-refractivity contribution < 1.29 is 14.3 Å². The van der Waals surface area contributed by atoms with Gasteiger partial charge in [-0.25, -0.2) is 9.18 Å². The molecule has 4 heteroatoms. The number of nitrogens with zero attached hydrogens (tertiary/aromatic N) is 1. The van der Waals surface area contributed by atoms with Gasteiger partial charge in [-0.15, -0.1) is 0 Å². The number of aryl methyl sites for hydroxylation is 1. The highest BCUT2D eigenvalue weighted by Crippen LogP contribution is 2.25. The summed E-state index contributed by atoms with van der Waals surface area (Å²) in [6.45, 7) is 1.69. The number of halogens is 1. The molecule has 0 aliphatic carbocycles. The van der Waals surface area contributed by atoms with Gasteiger partial charge >= 0.3 is 5.97 Å². The lowest BCUT2D eigenvalue weighted by Gasteiger charge is -2.20. The van der Waals surface area contributed by atoms with E-state index in [1.165, 1.54) is 12.1 Å². The summed E-state index contributed by atoms with van der Waals surface area (Å²) in [5, 5.41) is 8.97. The first-order valence-electron chi connectivity index (χ1n) is 5.82. The normalized spacial score (nSPS) is 10.3. The lowest BCUT2D eigenvalue weighted by atomic mass is 10.1. The van der Waals surface area contributed by atoms with Crippen LogP contribution in [-0.2, 0) is 0 Å². The second-order valence-corrected chi connectivity index (χ2v) is 4.35. The number of benzene rings is 2. The number of hydrogen-bond donors (Lipinski definition) is 1. The molecule has 2 aromatic rings. The Bertz CT molecular complexity index is 625. The predicted octanol–water partition coefficient (Wildman–Crippen LogP) is 3.60. The average molecular weight is 259 g/mol. The summed E-state index contributed by atoms with van der Waals surface area (Å²) in [7, 11) is 1.81. The first-order chi connectivity index (χ1) is 8.99. The van der Waals surface area contributed by atoms with Crippen molar-refractivity contribution in [2.45, 2.75) is 6.92 Å². The van der Waals surface area contributed by atoms with E-state index >= 15 is 0 Å². The van der Waals surface area contributed by atoms with Crippen LogP contribution in [0.5, 0.6) is 0 Å². The molecule has 0 atom stereocenters. The minimum absolute atomic E-state index is 0.225. The van der Waals surface area contributed by atoms with Crippen LogP contribution in [0.3, 0.4) is 0 Å². The standard InChI is InChI=1S/C15H14FNO2/c1-10-8-13(6-7-14(10)16)17(2)12-5-3-4-11(9-12)15(18)19/h3-9H,1-2H3,(H,18,19). The fraction of sp³-hybridized carbons (Fsp3) is 0.133. The summed E-state index contributed by atoms with van der Waals surface area (Å²) in [4.78, 5) is 12.8. The molecule has 19 heavy (non-hydrogen) atoms. The molecule has 0 spiro atoms. The maximum atomic E-state index is 13.2. The lowest BCUT2D eigenvalue weighted by molar-refractivity contribution is 0.0697. The number of hydrogen-bond acceptors (Lipinski definition) is 2. The zero-order valence-electron chi connectivity index (χ0n) is 10.7. The zero-order chi connectivity index (χ0) is 14.0. The summed E-state index contributed by atoms with van der Waals surface area (Å²) in [5.41, 5.74) is 2.33. The highest BCUT2D eigenvalue weighted by atomic mass is 19.1. The molecular formula is C15H14FNO2. The average Bonchev–Trinajstić information content (AvgIpc) is 2.41. The first-order valence-corrected chi connectivity index (χ1v) is 5.82. The van der Waals surface area contributed by atoms with Gasteiger partial charge in [0.1, 0.15) is 5.82 Å². The van der Waals surface area contributed by atoms with E-state index in [-0.39, 0.29) is 11.4 Å². The van der Waals surface area contributed by atoms with Crippen LogP contribution in [0.15, 0.2) is 42.5 Å². The Morgan fingerprint density at radius 1 is 1.16 bits per heavy atom. The van der Waals surface area contributed by atoms with E-state index in [1.54, 1.807) is 31.2 Å². The molecule has 0 fully saturated rings. The molecule has 3 nitrogen and oxygen atoms in total. The smallest absolute Gasteiger partial charge is 0.335 e. The quantitative estimate of drug-likeness (QED) is 0.915. The summed E-state index contributed by atoms with van der Waals surface area (Å²) in [6, 6.07) is 11.4. The molecule has 0 unspecified atom stereocenters. The Labute approximate surface area is 110 Å². The Kier molecular flexibility index (Phi) is 3.51. The van der Waals surface area contributed by atoms with Crippen molar-refractivity contribution in [3.05, 3.63) is 59.4 Å². The van der Waals surface area contributed by atoms with Gasteiger partial charge in [-0.1, -0.05) is 6.07 Å². The van der Waals surface area contributed by atoms with Crippen molar-refractivity contribution in [3.8, 4) is 0 Å². The van der Waals surface area contributed by atoms with Gasteiger partial charge in [0, 0.05) is 18.4 Å². The second-order valence-electron chi connectivity index (χ2n) is 4.35. The SMILES string of the molecule is Cc1cc(N(C)c2cccc(C(=O)O)c2)ccc1F. The molecule has 0 bridgehead atoms. The lowest BCUT2D eigenvalue weighted by Crippen LogP contribution is -2.10. The number of carboxylic acids is 1. The molecular weight excluding hydrogens is 245 g/mol. The van der Waals surface area contributed by atoms with Crippen LogP contribution in [0, 0.1) is 12.7 Å². The Morgan fingerprint density at radius 2 is 1.84 bits per heavy atom. The van der Waals surface area contributed by atoms with Gasteiger partial charge in [-0.05, 0) is 48.9 Å². The van der Waals surface area contributed by atoms with E-state index in [0.29, 0.717) is 5.56 Å². The molecule has 2 aromatic carbocycles. The Hall–Kier alpha value is -2.36. The maximum absolute atomic E-state index is 13.2. The Balaban J connectivity index is 2.37. The van der Waals surface area contributed by atoms with Crippen LogP contribution in [0.1, 0.15) is 15.9 Å². The van der Waals surface area contributed by atoms with Crippen LogP contribution in [0.4, 0.5) is 15.8 Å². The van der Waals surface area contributed by atoms with Crippen molar-refractivity contribution >= 4 is 17.3 Å². The molecule has 0 aliphatic rings. The molecule has 0 aromatic heterocycles. The van der Waals surface area contributed by atoms with Crippen LogP contribution in [-0.4, -0.2) is 18.1 Å². The number of carboxylic acid groups (broad SMARTS) is 1. The summed E-state index contributed by atoms with van der Waals surface area (Å²) in [6.07, 6.45) is 0. The summed E-state index contributed by atoms with van der Waals surface area (Å²) in [5.74, 6) is -1.22. The largest absolute Gasteiger partial charge is 0.478 e. The number of anilines is 2. The molecule has 98 valence electrons. The maximum Gasteiger partial charge on any atom is 0.335 e. The van der Waals surface area contributed by atoms with Crippen molar-refractivity contribution in [2.24, 2.45) is 0 Å². The highest BCUT2D eigenvalue weighted by Gasteiger charge is 2.09. The number of carbonyl (C=O) groups is 1. The van der Waals surface area contributed by atoms with Gasteiger partial charge in [0.2, 0.25) is 0 Å².